The maximum Gasteiger partial charge on any atom is -0.0401 e. The number of hydrogen-bond acceptors (Lipinski definition) is 0. The van der Waals surface area contributed by atoms with E-state index in [9.17, 15) is 0 Å². The number of allylic oxidation sites excluding steroid dienone is 6. The topological polar surface area (TPSA) is 0 Å². The summed E-state index contributed by atoms with van der Waals surface area (Å²) in [5.74, 6) is 0. The summed E-state index contributed by atoms with van der Waals surface area (Å²) >= 11 is 0. The molecule has 0 heterocycles. The monoisotopic (exact) mass is 136 g/mol. The zero-order chi connectivity index (χ0) is 7.98. The van der Waals surface area contributed by atoms with E-state index in [0.717, 1.165) is 0 Å². The molecule has 0 radical (unpaired) electrons. The summed E-state index contributed by atoms with van der Waals surface area (Å²) < 4.78 is 0. The van der Waals surface area contributed by atoms with Gasteiger partial charge in [-0.2, -0.15) is 0 Å². The van der Waals surface area contributed by atoms with Gasteiger partial charge in [0.05, 0.1) is 0 Å². The maximum absolute atomic E-state index is 2.10. The lowest BCUT2D eigenvalue weighted by atomic mass is 10.2. The first-order valence-corrected chi connectivity index (χ1v) is 3.61. The van der Waals surface area contributed by atoms with Crippen molar-refractivity contribution < 1.29 is 0 Å². The molecule has 0 N–H and O–H groups in total. The molecular weight excluding hydrogens is 120 g/mol. The van der Waals surface area contributed by atoms with Gasteiger partial charge in [-0.3, -0.25) is 0 Å². The SMILES string of the molecule is CC=C(C)/C=C/C=C(C)C. The van der Waals surface area contributed by atoms with Crippen molar-refractivity contribution in [3.8, 4) is 0 Å². The Morgan fingerprint density at radius 3 is 2.10 bits per heavy atom. The van der Waals surface area contributed by atoms with Crippen LogP contribution in [0, 0.1) is 0 Å². The highest BCUT2D eigenvalue weighted by Gasteiger charge is 1.74. The average Bonchev–Trinajstić information content (AvgIpc) is 1.87. The minimum atomic E-state index is 1.30. The van der Waals surface area contributed by atoms with Crippen molar-refractivity contribution in [2.45, 2.75) is 27.7 Å². The van der Waals surface area contributed by atoms with Crippen LogP contribution in [0.1, 0.15) is 27.7 Å². The highest BCUT2D eigenvalue weighted by Crippen LogP contribution is 1.95. The molecule has 0 saturated carbocycles. The molecule has 0 aliphatic heterocycles. The van der Waals surface area contributed by atoms with Crippen LogP contribution in [0.25, 0.3) is 0 Å². The second kappa shape index (κ2) is 5.04. The molecule has 0 heteroatoms. The van der Waals surface area contributed by atoms with Crippen molar-refractivity contribution in [1.82, 2.24) is 0 Å². The Balaban J connectivity index is 3.90. The molecule has 0 aromatic rings. The molecule has 56 valence electrons. The largest absolute Gasteiger partial charge is 0.0847 e. The quantitative estimate of drug-likeness (QED) is 0.510. The third kappa shape index (κ3) is 5.36. The van der Waals surface area contributed by atoms with Crippen molar-refractivity contribution in [1.29, 1.82) is 0 Å². The maximum atomic E-state index is 2.10. The van der Waals surface area contributed by atoms with Crippen LogP contribution >= 0.6 is 0 Å². The van der Waals surface area contributed by atoms with Crippen molar-refractivity contribution in [3.05, 3.63) is 35.5 Å². The fraction of sp³-hybridized carbons (Fsp3) is 0.400. The van der Waals surface area contributed by atoms with Crippen LogP contribution in [0.4, 0.5) is 0 Å². The number of rotatable bonds is 2. The van der Waals surface area contributed by atoms with E-state index in [1.165, 1.54) is 11.1 Å². The first-order valence-electron chi connectivity index (χ1n) is 3.61. The van der Waals surface area contributed by atoms with Crippen molar-refractivity contribution in [2.75, 3.05) is 0 Å². The molecule has 0 bridgehead atoms. The molecule has 0 nitrogen and oxygen atoms in total. The van der Waals surface area contributed by atoms with Gasteiger partial charge in [0.2, 0.25) is 0 Å². The minimum absolute atomic E-state index is 1.30. The van der Waals surface area contributed by atoms with E-state index in [0.29, 0.717) is 0 Å². The summed E-state index contributed by atoms with van der Waals surface area (Å²) in [6, 6.07) is 0. The van der Waals surface area contributed by atoms with E-state index in [4.69, 9.17) is 0 Å². The Bertz CT molecular complexity index is 164. The first-order chi connectivity index (χ1) is 4.66. The van der Waals surface area contributed by atoms with Gasteiger partial charge in [-0.05, 0) is 27.7 Å². The molecule has 10 heavy (non-hydrogen) atoms. The van der Waals surface area contributed by atoms with Gasteiger partial charge in [-0.15, -0.1) is 0 Å². The zero-order valence-corrected chi connectivity index (χ0v) is 7.31. The highest BCUT2D eigenvalue weighted by atomic mass is 13.8. The van der Waals surface area contributed by atoms with Crippen LogP contribution in [-0.2, 0) is 0 Å². The Morgan fingerprint density at radius 1 is 1.10 bits per heavy atom. The van der Waals surface area contributed by atoms with Gasteiger partial charge in [0, 0.05) is 0 Å². The number of hydrogen-bond donors (Lipinski definition) is 0. The van der Waals surface area contributed by atoms with Gasteiger partial charge < -0.3 is 0 Å². The minimum Gasteiger partial charge on any atom is -0.0847 e. The lowest BCUT2D eigenvalue weighted by Crippen LogP contribution is -1.64. The molecule has 0 fully saturated rings. The molecule has 0 atom stereocenters. The van der Waals surface area contributed by atoms with Gasteiger partial charge >= 0.3 is 0 Å². The molecule has 0 spiro atoms. The molecule has 0 rings (SSSR count). The molecule has 0 aliphatic rings. The highest BCUT2D eigenvalue weighted by molar-refractivity contribution is 5.20. The molecule has 0 aliphatic carbocycles. The van der Waals surface area contributed by atoms with E-state index in [1.54, 1.807) is 0 Å². The molecule has 0 amide bonds. The fourth-order valence-corrected chi connectivity index (χ4v) is 0.489. The summed E-state index contributed by atoms with van der Waals surface area (Å²) in [5.41, 5.74) is 2.64. The van der Waals surface area contributed by atoms with Crippen LogP contribution in [0.2, 0.25) is 0 Å². The summed E-state index contributed by atoms with van der Waals surface area (Å²) in [7, 11) is 0. The van der Waals surface area contributed by atoms with E-state index in [1.807, 2.05) is 6.92 Å². The molecular formula is C10H16. The van der Waals surface area contributed by atoms with Crippen LogP contribution in [0.15, 0.2) is 35.5 Å². The predicted octanol–water partition coefficient (Wildman–Crippen LogP) is 3.48. The Kier molecular flexibility index (Phi) is 4.65. The van der Waals surface area contributed by atoms with Crippen molar-refractivity contribution in [3.63, 3.8) is 0 Å². The van der Waals surface area contributed by atoms with E-state index < -0.39 is 0 Å². The molecule has 0 aromatic carbocycles. The van der Waals surface area contributed by atoms with E-state index in [-0.39, 0.29) is 0 Å². The smallest absolute Gasteiger partial charge is 0.0401 e. The molecule has 0 aromatic heterocycles. The summed E-state index contributed by atoms with van der Waals surface area (Å²) in [6.07, 6.45) is 8.38. The molecule has 0 saturated heterocycles. The van der Waals surface area contributed by atoms with Crippen molar-refractivity contribution in [2.24, 2.45) is 0 Å². The Hall–Kier alpha value is -0.780. The standard InChI is InChI=1S/C10H16/c1-5-10(4)8-6-7-9(2)3/h5-8H,1-4H3/b8-6+,10-5?. The lowest BCUT2D eigenvalue weighted by Gasteiger charge is -1.85. The second-order valence-electron chi connectivity index (χ2n) is 2.64. The molecule has 0 unspecified atom stereocenters. The average molecular weight is 136 g/mol. The van der Waals surface area contributed by atoms with Crippen LogP contribution < -0.4 is 0 Å². The normalized spacial score (nSPS) is 12.2. The second-order valence-corrected chi connectivity index (χ2v) is 2.64. The van der Waals surface area contributed by atoms with Gasteiger partial charge in [0.15, 0.2) is 0 Å². The third-order valence-corrected chi connectivity index (χ3v) is 1.24. The Morgan fingerprint density at radius 2 is 1.70 bits per heavy atom. The van der Waals surface area contributed by atoms with Gasteiger partial charge in [0.25, 0.3) is 0 Å². The van der Waals surface area contributed by atoms with E-state index in [2.05, 4.69) is 45.1 Å². The van der Waals surface area contributed by atoms with Crippen LogP contribution in [0.5, 0.6) is 0 Å². The van der Waals surface area contributed by atoms with Gasteiger partial charge in [-0.1, -0.05) is 35.5 Å². The summed E-state index contributed by atoms with van der Waals surface area (Å²) in [5, 5.41) is 0. The Labute approximate surface area is 64.0 Å². The summed E-state index contributed by atoms with van der Waals surface area (Å²) in [6.45, 7) is 8.32. The first kappa shape index (κ1) is 9.22. The predicted molar refractivity (Wildman–Crippen MR) is 48.0 cm³/mol. The van der Waals surface area contributed by atoms with Gasteiger partial charge in [0.1, 0.15) is 0 Å². The fourth-order valence-electron chi connectivity index (χ4n) is 0.489. The zero-order valence-electron chi connectivity index (χ0n) is 7.31. The van der Waals surface area contributed by atoms with Crippen LogP contribution in [-0.4, -0.2) is 0 Å². The third-order valence-electron chi connectivity index (χ3n) is 1.24. The lowest BCUT2D eigenvalue weighted by molar-refractivity contribution is 1.39. The summed E-state index contributed by atoms with van der Waals surface area (Å²) in [4.78, 5) is 0. The van der Waals surface area contributed by atoms with Crippen molar-refractivity contribution >= 4 is 0 Å². The van der Waals surface area contributed by atoms with Gasteiger partial charge in [-0.25, -0.2) is 0 Å². The van der Waals surface area contributed by atoms with E-state index >= 15 is 0 Å². The van der Waals surface area contributed by atoms with Crippen LogP contribution in [0.3, 0.4) is 0 Å².